The summed E-state index contributed by atoms with van der Waals surface area (Å²) < 4.78 is 27.0. The Kier molecular flexibility index (Phi) is 5.01. The van der Waals surface area contributed by atoms with Gasteiger partial charge in [0, 0.05) is 30.2 Å². The number of ketones is 1. The lowest BCUT2D eigenvalue weighted by Crippen LogP contribution is -2.51. The van der Waals surface area contributed by atoms with Crippen molar-refractivity contribution >= 4 is 17.7 Å². The SMILES string of the molecule is N#Cc1ncccc1-c1ccc(C(=O)CN2C(=O)NC3(CCC(F)(F)CC3)C2=O)cc1. The third kappa shape index (κ3) is 3.77. The summed E-state index contributed by atoms with van der Waals surface area (Å²) in [6, 6.07) is 11.1. The van der Waals surface area contributed by atoms with Gasteiger partial charge in [0.05, 0.1) is 6.54 Å². The van der Waals surface area contributed by atoms with Crippen molar-refractivity contribution in [2.45, 2.75) is 37.1 Å². The van der Waals surface area contributed by atoms with Gasteiger partial charge in [0.1, 0.15) is 17.3 Å². The van der Waals surface area contributed by atoms with Crippen molar-refractivity contribution in [1.29, 1.82) is 5.26 Å². The molecule has 0 bridgehead atoms. The predicted octanol–water partition coefficient (Wildman–Crippen LogP) is 3.30. The molecule has 2 aliphatic rings. The smallest absolute Gasteiger partial charge is 0.323 e. The molecule has 31 heavy (non-hydrogen) atoms. The van der Waals surface area contributed by atoms with Crippen LogP contribution in [0.25, 0.3) is 11.1 Å². The van der Waals surface area contributed by atoms with Gasteiger partial charge >= 0.3 is 6.03 Å². The number of rotatable bonds is 4. The molecule has 1 saturated heterocycles. The van der Waals surface area contributed by atoms with Gasteiger partial charge in [-0.05, 0) is 30.5 Å². The molecule has 9 heteroatoms. The molecule has 1 saturated carbocycles. The zero-order valence-corrected chi connectivity index (χ0v) is 16.4. The van der Waals surface area contributed by atoms with Gasteiger partial charge < -0.3 is 5.32 Å². The highest BCUT2D eigenvalue weighted by atomic mass is 19.3. The van der Waals surface area contributed by atoms with Gasteiger partial charge in [0.25, 0.3) is 5.91 Å². The van der Waals surface area contributed by atoms with Gasteiger partial charge in [-0.1, -0.05) is 24.3 Å². The average Bonchev–Trinajstić information content (AvgIpc) is 3.00. The molecule has 158 valence electrons. The van der Waals surface area contributed by atoms with E-state index in [1.54, 1.807) is 36.4 Å². The highest BCUT2D eigenvalue weighted by molar-refractivity contribution is 6.11. The first-order chi connectivity index (χ1) is 14.7. The first-order valence-electron chi connectivity index (χ1n) is 9.75. The summed E-state index contributed by atoms with van der Waals surface area (Å²) in [6.07, 6.45) is 0.230. The summed E-state index contributed by atoms with van der Waals surface area (Å²) in [4.78, 5) is 42.6. The summed E-state index contributed by atoms with van der Waals surface area (Å²) in [7, 11) is 0. The fourth-order valence-electron chi connectivity index (χ4n) is 4.00. The number of benzene rings is 1. The van der Waals surface area contributed by atoms with Gasteiger partial charge in [0.2, 0.25) is 5.92 Å². The minimum atomic E-state index is -2.85. The molecule has 4 rings (SSSR count). The summed E-state index contributed by atoms with van der Waals surface area (Å²) in [6.45, 7) is -0.474. The van der Waals surface area contributed by atoms with Crippen LogP contribution in [0.4, 0.5) is 13.6 Å². The van der Waals surface area contributed by atoms with Crippen molar-refractivity contribution in [2.24, 2.45) is 0 Å². The topological polar surface area (TPSA) is 103 Å². The Hall–Kier alpha value is -3.67. The lowest BCUT2D eigenvalue weighted by atomic mass is 9.80. The largest absolute Gasteiger partial charge is 0.325 e. The van der Waals surface area contributed by atoms with Gasteiger partial charge in [0.15, 0.2) is 5.78 Å². The summed E-state index contributed by atoms with van der Waals surface area (Å²) >= 11 is 0. The number of hydrogen-bond donors (Lipinski definition) is 1. The number of pyridine rings is 1. The maximum Gasteiger partial charge on any atom is 0.325 e. The standard InChI is InChI=1S/C22H18F2N4O3/c23-22(24)9-7-21(8-10-22)19(30)28(20(31)27-21)13-18(29)15-5-3-14(4-6-15)16-2-1-11-26-17(16)12-25/h1-6,11H,7-10,13H2,(H,27,31). The van der Waals surface area contributed by atoms with Crippen molar-refractivity contribution < 1.29 is 23.2 Å². The molecule has 1 N–H and O–H groups in total. The third-order valence-electron chi connectivity index (χ3n) is 5.81. The molecule has 2 heterocycles. The molecule has 3 amide bonds. The number of carbonyl (C=O) groups is 3. The molecule has 1 spiro atoms. The predicted molar refractivity (Wildman–Crippen MR) is 105 cm³/mol. The number of hydrogen-bond acceptors (Lipinski definition) is 5. The van der Waals surface area contributed by atoms with Crippen molar-refractivity contribution in [3.63, 3.8) is 0 Å². The number of halogens is 2. The number of carbonyl (C=O) groups excluding carboxylic acids is 3. The number of nitrogens with one attached hydrogen (secondary N) is 1. The van der Waals surface area contributed by atoms with Crippen LogP contribution in [-0.4, -0.2) is 45.6 Å². The fraction of sp³-hybridized carbons (Fsp3) is 0.318. The third-order valence-corrected chi connectivity index (χ3v) is 5.81. The van der Waals surface area contributed by atoms with E-state index in [2.05, 4.69) is 10.3 Å². The van der Waals surface area contributed by atoms with Crippen LogP contribution in [0.2, 0.25) is 0 Å². The zero-order chi connectivity index (χ0) is 22.2. The Bertz CT molecular complexity index is 1100. The minimum Gasteiger partial charge on any atom is -0.323 e. The van der Waals surface area contributed by atoms with Crippen LogP contribution in [0.1, 0.15) is 41.7 Å². The van der Waals surface area contributed by atoms with E-state index in [-0.39, 0.29) is 24.1 Å². The fourth-order valence-corrected chi connectivity index (χ4v) is 4.00. The highest BCUT2D eigenvalue weighted by Crippen LogP contribution is 2.41. The molecule has 1 aromatic heterocycles. The van der Waals surface area contributed by atoms with Crippen LogP contribution in [0.15, 0.2) is 42.6 Å². The quantitative estimate of drug-likeness (QED) is 0.599. The van der Waals surface area contributed by atoms with Crippen LogP contribution in [0.3, 0.4) is 0 Å². The van der Waals surface area contributed by atoms with Gasteiger partial charge in [-0.25, -0.2) is 18.6 Å². The molecule has 1 aromatic carbocycles. The second kappa shape index (κ2) is 7.54. The zero-order valence-electron chi connectivity index (χ0n) is 16.4. The Morgan fingerprint density at radius 1 is 1.13 bits per heavy atom. The van der Waals surface area contributed by atoms with E-state index in [0.717, 1.165) is 4.90 Å². The normalized spacial score (nSPS) is 19.2. The number of Topliss-reactive ketones (excluding diaryl/α,β-unsaturated/α-hetero) is 1. The van der Waals surface area contributed by atoms with E-state index in [0.29, 0.717) is 11.1 Å². The van der Waals surface area contributed by atoms with Crippen molar-refractivity contribution in [3.8, 4) is 17.2 Å². The second-order valence-electron chi connectivity index (χ2n) is 7.77. The Morgan fingerprint density at radius 2 is 1.81 bits per heavy atom. The molecule has 1 aliphatic heterocycles. The molecule has 2 fully saturated rings. The second-order valence-corrected chi connectivity index (χ2v) is 7.77. The van der Waals surface area contributed by atoms with E-state index in [1.807, 2.05) is 6.07 Å². The van der Waals surface area contributed by atoms with Crippen LogP contribution in [0, 0.1) is 11.3 Å². The van der Waals surface area contributed by atoms with Gasteiger partial charge in [-0.15, -0.1) is 0 Å². The molecule has 1 aliphatic carbocycles. The van der Waals surface area contributed by atoms with Crippen LogP contribution in [-0.2, 0) is 4.79 Å². The number of urea groups is 1. The number of nitriles is 1. The molecule has 2 aromatic rings. The summed E-state index contributed by atoms with van der Waals surface area (Å²) in [5.41, 5.74) is 0.497. The number of nitrogens with zero attached hydrogens (tertiary/aromatic N) is 3. The van der Waals surface area contributed by atoms with Crippen LogP contribution >= 0.6 is 0 Å². The van der Waals surface area contributed by atoms with E-state index >= 15 is 0 Å². The average molecular weight is 424 g/mol. The maximum atomic E-state index is 13.5. The van der Waals surface area contributed by atoms with Crippen LogP contribution < -0.4 is 5.32 Å². The van der Waals surface area contributed by atoms with E-state index in [4.69, 9.17) is 0 Å². The summed E-state index contributed by atoms with van der Waals surface area (Å²) in [5, 5.41) is 11.7. The van der Waals surface area contributed by atoms with Crippen molar-refractivity contribution in [2.75, 3.05) is 6.54 Å². The number of amides is 3. The molecular formula is C22H18F2N4O3. The minimum absolute atomic E-state index is 0.156. The van der Waals surface area contributed by atoms with Crippen LogP contribution in [0.5, 0.6) is 0 Å². The maximum absolute atomic E-state index is 13.5. The van der Waals surface area contributed by atoms with E-state index in [1.165, 1.54) is 6.20 Å². The number of alkyl halides is 2. The monoisotopic (exact) mass is 424 g/mol. The van der Waals surface area contributed by atoms with Crippen molar-refractivity contribution in [1.82, 2.24) is 15.2 Å². The highest BCUT2D eigenvalue weighted by Gasteiger charge is 2.55. The molecule has 0 atom stereocenters. The molecular weight excluding hydrogens is 406 g/mol. The van der Waals surface area contributed by atoms with Gasteiger partial charge in [-0.2, -0.15) is 5.26 Å². The Morgan fingerprint density at radius 3 is 2.45 bits per heavy atom. The summed E-state index contributed by atoms with van der Waals surface area (Å²) in [5.74, 6) is -3.94. The molecule has 0 unspecified atom stereocenters. The van der Waals surface area contributed by atoms with Crippen molar-refractivity contribution in [3.05, 3.63) is 53.9 Å². The Balaban J connectivity index is 1.48. The molecule has 0 radical (unpaired) electrons. The lowest BCUT2D eigenvalue weighted by Gasteiger charge is -2.34. The van der Waals surface area contributed by atoms with E-state index in [9.17, 15) is 28.4 Å². The number of imide groups is 1. The number of aromatic nitrogens is 1. The Labute approximate surface area is 176 Å². The lowest BCUT2D eigenvalue weighted by molar-refractivity contribution is -0.135. The first-order valence-corrected chi connectivity index (χ1v) is 9.75. The van der Waals surface area contributed by atoms with Gasteiger partial charge in [-0.3, -0.25) is 14.5 Å². The molecule has 7 nitrogen and oxygen atoms in total. The van der Waals surface area contributed by atoms with E-state index < -0.39 is 48.6 Å². The first kappa shape index (κ1) is 20.6.